The second-order valence-electron chi connectivity index (χ2n) is 10.8. The lowest BCUT2D eigenvalue weighted by atomic mass is 9.45. The zero-order chi connectivity index (χ0) is 20.2. The van der Waals surface area contributed by atoms with Crippen LogP contribution < -0.4 is 0 Å². The van der Waals surface area contributed by atoms with Crippen LogP contribution in [0.2, 0.25) is 0 Å². The lowest BCUT2D eigenvalue weighted by Gasteiger charge is -2.60. The Morgan fingerprint density at radius 3 is 2.48 bits per heavy atom. The average molecular weight is 395 g/mol. The minimum atomic E-state index is -0.166. The first-order valence-electron chi connectivity index (χ1n) is 11.7. The molecule has 3 heteroatoms. The van der Waals surface area contributed by atoms with Gasteiger partial charge in [-0.05, 0) is 86.2 Å². The molecule has 4 aliphatic carbocycles. The van der Waals surface area contributed by atoms with Gasteiger partial charge in [0.05, 0.1) is 5.56 Å². The normalized spacial score (nSPS) is 43.8. The van der Waals surface area contributed by atoms with E-state index in [1.54, 1.807) is 0 Å². The van der Waals surface area contributed by atoms with Crippen molar-refractivity contribution in [3.8, 4) is 0 Å². The van der Waals surface area contributed by atoms with E-state index in [1.807, 2.05) is 30.3 Å². The van der Waals surface area contributed by atoms with Crippen LogP contribution in [0.1, 0.15) is 82.0 Å². The molecule has 1 aromatic carbocycles. The summed E-state index contributed by atoms with van der Waals surface area (Å²) < 4.78 is 6.11. The van der Waals surface area contributed by atoms with Gasteiger partial charge in [-0.25, -0.2) is 4.79 Å². The van der Waals surface area contributed by atoms with Crippen molar-refractivity contribution in [2.24, 2.45) is 34.5 Å². The first-order chi connectivity index (χ1) is 13.9. The van der Waals surface area contributed by atoms with Crippen LogP contribution in [-0.2, 0) is 9.53 Å². The Labute approximate surface area is 174 Å². The largest absolute Gasteiger partial charge is 0.458 e. The Balaban J connectivity index is 1.34. The van der Waals surface area contributed by atoms with Gasteiger partial charge < -0.3 is 4.74 Å². The monoisotopic (exact) mass is 394 g/mol. The summed E-state index contributed by atoms with van der Waals surface area (Å²) in [5, 5.41) is 0. The zero-order valence-corrected chi connectivity index (χ0v) is 17.9. The standard InChI is InChI=1S/C26H34O3/c1-25-14-12-19(27)16-18(25)8-9-20-21-10-11-23(26(21,2)15-13-22(20)25)29-24(28)17-6-4-3-5-7-17/h3-7,18,20-23H,8-16H2,1-2H3/t18-,20+,21+,22+,23+,25-,26-/m0/s1. The number of ketones is 1. The number of carbonyl (C=O) groups is 2. The molecule has 0 amide bonds. The molecule has 4 aliphatic rings. The number of esters is 1. The summed E-state index contributed by atoms with van der Waals surface area (Å²) in [7, 11) is 0. The van der Waals surface area contributed by atoms with Gasteiger partial charge >= 0.3 is 5.97 Å². The summed E-state index contributed by atoms with van der Waals surface area (Å²) in [6.45, 7) is 4.88. The van der Waals surface area contributed by atoms with E-state index in [4.69, 9.17) is 4.74 Å². The molecule has 0 heterocycles. The molecule has 0 unspecified atom stereocenters. The minimum Gasteiger partial charge on any atom is -0.458 e. The van der Waals surface area contributed by atoms with E-state index in [0.717, 1.165) is 43.9 Å². The highest BCUT2D eigenvalue weighted by molar-refractivity contribution is 5.89. The van der Waals surface area contributed by atoms with E-state index < -0.39 is 0 Å². The van der Waals surface area contributed by atoms with Gasteiger partial charge in [0, 0.05) is 18.3 Å². The second kappa shape index (κ2) is 6.96. The van der Waals surface area contributed by atoms with Crippen molar-refractivity contribution in [2.75, 3.05) is 0 Å². The molecule has 0 radical (unpaired) electrons. The molecule has 29 heavy (non-hydrogen) atoms. The van der Waals surface area contributed by atoms with Crippen LogP contribution in [0.15, 0.2) is 30.3 Å². The molecule has 5 rings (SSSR count). The van der Waals surface area contributed by atoms with Crippen molar-refractivity contribution < 1.29 is 14.3 Å². The molecule has 0 aromatic heterocycles. The van der Waals surface area contributed by atoms with Crippen molar-refractivity contribution >= 4 is 11.8 Å². The van der Waals surface area contributed by atoms with E-state index in [2.05, 4.69) is 13.8 Å². The van der Waals surface area contributed by atoms with E-state index in [0.29, 0.717) is 28.6 Å². The maximum Gasteiger partial charge on any atom is 0.338 e. The maximum atomic E-state index is 12.7. The molecule has 0 N–H and O–H groups in total. The van der Waals surface area contributed by atoms with Gasteiger partial charge in [-0.3, -0.25) is 4.79 Å². The number of Topliss-reactive ketones (excluding diaryl/α,β-unsaturated/α-hetero) is 1. The molecule has 1 aromatic rings. The molecule has 3 nitrogen and oxygen atoms in total. The van der Waals surface area contributed by atoms with Crippen molar-refractivity contribution in [3.05, 3.63) is 35.9 Å². The smallest absolute Gasteiger partial charge is 0.338 e. The molecular weight excluding hydrogens is 360 g/mol. The molecule has 156 valence electrons. The topological polar surface area (TPSA) is 43.4 Å². The van der Waals surface area contributed by atoms with Gasteiger partial charge in [0.25, 0.3) is 0 Å². The summed E-state index contributed by atoms with van der Waals surface area (Å²) in [5.41, 5.74) is 1.11. The molecular formula is C26H34O3. The summed E-state index contributed by atoms with van der Waals surface area (Å²) >= 11 is 0. The molecule has 0 saturated heterocycles. The highest BCUT2D eigenvalue weighted by atomic mass is 16.5. The lowest BCUT2D eigenvalue weighted by molar-refractivity contribution is -0.142. The van der Waals surface area contributed by atoms with Gasteiger partial charge in [-0.1, -0.05) is 32.0 Å². The SMILES string of the molecule is C[C@]12CCC(=O)C[C@@H]1CC[C@H]1[C@H]2CC[C@@]2(C)[C@@H]1CC[C@H]2OC(=O)c1ccccc1. The summed E-state index contributed by atoms with van der Waals surface area (Å²) in [4.78, 5) is 24.8. The second-order valence-corrected chi connectivity index (χ2v) is 10.8. The van der Waals surface area contributed by atoms with Crippen LogP contribution in [0.5, 0.6) is 0 Å². The molecule has 4 saturated carbocycles. The van der Waals surface area contributed by atoms with Crippen molar-refractivity contribution in [1.82, 2.24) is 0 Å². The minimum absolute atomic E-state index is 0.0413. The maximum absolute atomic E-state index is 12.7. The zero-order valence-electron chi connectivity index (χ0n) is 17.9. The molecule has 0 bridgehead atoms. The van der Waals surface area contributed by atoms with E-state index >= 15 is 0 Å². The molecule has 0 spiro atoms. The number of rotatable bonds is 2. The fourth-order valence-corrected chi connectivity index (χ4v) is 7.96. The summed E-state index contributed by atoms with van der Waals surface area (Å²) in [6, 6.07) is 9.42. The Kier molecular flexibility index (Phi) is 4.64. The number of carbonyl (C=O) groups excluding carboxylic acids is 2. The average Bonchev–Trinajstić information content (AvgIpc) is 3.05. The van der Waals surface area contributed by atoms with Gasteiger partial charge in [0.2, 0.25) is 0 Å². The third-order valence-electron chi connectivity index (χ3n) is 9.65. The van der Waals surface area contributed by atoms with Gasteiger partial charge in [-0.2, -0.15) is 0 Å². The molecule has 7 atom stereocenters. The number of fused-ring (bicyclic) bond motifs is 5. The van der Waals surface area contributed by atoms with Crippen molar-refractivity contribution in [2.45, 2.75) is 77.7 Å². The van der Waals surface area contributed by atoms with Crippen LogP contribution in [0.3, 0.4) is 0 Å². The van der Waals surface area contributed by atoms with Crippen LogP contribution in [0.4, 0.5) is 0 Å². The van der Waals surface area contributed by atoms with Crippen LogP contribution >= 0.6 is 0 Å². The first kappa shape index (κ1) is 19.3. The Hall–Kier alpha value is -1.64. The predicted molar refractivity (Wildman–Crippen MR) is 112 cm³/mol. The number of hydrogen-bond donors (Lipinski definition) is 0. The Morgan fingerprint density at radius 2 is 1.69 bits per heavy atom. The van der Waals surface area contributed by atoms with E-state index in [-0.39, 0.29) is 17.5 Å². The third kappa shape index (κ3) is 2.99. The van der Waals surface area contributed by atoms with Crippen LogP contribution in [0, 0.1) is 34.5 Å². The number of hydrogen-bond acceptors (Lipinski definition) is 3. The lowest BCUT2D eigenvalue weighted by Crippen LogP contribution is -2.54. The predicted octanol–water partition coefficient (Wildman–Crippen LogP) is 5.82. The number of benzene rings is 1. The fourth-order valence-electron chi connectivity index (χ4n) is 7.96. The van der Waals surface area contributed by atoms with Gasteiger partial charge in [-0.15, -0.1) is 0 Å². The summed E-state index contributed by atoms with van der Waals surface area (Å²) in [6.07, 6.45) is 9.79. The Bertz CT molecular complexity index is 801. The highest BCUT2D eigenvalue weighted by Gasteiger charge is 2.61. The molecule has 0 aliphatic heterocycles. The fraction of sp³-hybridized carbons (Fsp3) is 0.692. The van der Waals surface area contributed by atoms with E-state index in [1.165, 1.54) is 25.7 Å². The van der Waals surface area contributed by atoms with Crippen molar-refractivity contribution in [1.29, 1.82) is 0 Å². The van der Waals surface area contributed by atoms with Gasteiger partial charge in [0.15, 0.2) is 0 Å². The summed E-state index contributed by atoms with van der Waals surface area (Å²) in [5.74, 6) is 3.06. The van der Waals surface area contributed by atoms with Crippen LogP contribution in [-0.4, -0.2) is 17.9 Å². The Morgan fingerprint density at radius 1 is 0.931 bits per heavy atom. The highest BCUT2D eigenvalue weighted by Crippen LogP contribution is 2.66. The number of ether oxygens (including phenoxy) is 1. The van der Waals surface area contributed by atoms with E-state index in [9.17, 15) is 9.59 Å². The quantitative estimate of drug-likeness (QED) is 0.593. The molecule has 4 fully saturated rings. The third-order valence-corrected chi connectivity index (χ3v) is 9.65. The van der Waals surface area contributed by atoms with Gasteiger partial charge in [0.1, 0.15) is 11.9 Å². The van der Waals surface area contributed by atoms with Crippen LogP contribution in [0.25, 0.3) is 0 Å². The van der Waals surface area contributed by atoms with Crippen molar-refractivity contribution in [3.63, 3.8) is 0 Å². The first-order valence-corrected chi connectivity index (χ1v) is 11.7.